The highest BCUT2D eigenvalue weighted by Crippen LogP contribution is 2.30. The molecule has 0 atom stereocenters. The van der Waals surface area contributed by atoms with Gasteiger partial charge in [0.1, 0.15) is 5.75 Å². The Kier molecular flexibility index (Phi) is 2.71. The highest BCUT2D eigenvalue weighted by atomic mass is 16.3. The smallest absolute Gasteiger partial charge is 0.314 e. The van der Waals surface area contributed by atoms with Gasteiger partial charge in [0.25, 0.3) is 0 Å². The number of rotatable bonds is 1. The molecule has 4 heteroatoms. The highest BCUT2D eigenvalue weighted by Gasteiger charge is 2.12. The first-order valence-electron chi connectivity index (χ1n) is 5.33. The van der Waals surface area contributed by atoms with E-state index >= 15 is 0 Å². The molecule has 0 saturated heterocycles. The van der Waals surface area contributed by atoms with E-state index in [1.165, 1.54) is 0 Å². The average molecular weight is 230 g/mol. The van der Waals surface area contributed by atoms with E-state index in [2.05, 4.69) is 9.97 Å². The molecule has 0 unspecified atom stereocenters. The molecule has 0 aliphatic heterocycles. The molecule has 0 bridgehead atoms. The van der Waals surface area contributed by atoms with Crippen molar-refractivity contribution < 1.29 is 10.2 Å². The molecule has 0 spiro atoms. The lowest BCUT2D eigenvalue weighted by Gasteiger charge is -2.11. The lowest BCUT2D eigenvalue weighted by atomic mass is 9.98. The summed E-state index contributed by atoms with van der Waals surface area (Å²) < 4.78 is 0. The van der Waals surface area contributed by atoms with Crippen LogP contribution in [0.3, 0.4) is 0 Å². The lowest BCUT2D eigenvalue weighted by molar-refractivity contribution is 0.427. The van der Waals surface area contributed by atoms with Crippen LogP contribution < -0.4 is 0 Å². The van der Waals surface area contributed by atoms with E-state index in [1.807, 2.05) is 26.8 Å². The fourth-order valence-corrected chi connectivity index (χ4v) is 2.02. The summed E-state index contributed by atoms with van der Waals surface area (Å²) in [5, 5.41) is 18.7. The van der Waals surface area contributed by atoms with Crippen molar-refractivity contribution >= 4 is 0 Å². The lowest BCUT2D eigenvalue weighted by Crippen LogP contribution is -1.97. The molecule has 2 rings (SSSR count). The van der Waals surface area contributed by atoms with Crippen molar-refractivity contribution in [1.29, 1.82) is 0 Å². The summed E-state index contributed by atoms with van der Waals surface area (Å²) in [4.78, 5) is 7.91. The molecule has 88 valence electrons. The van der Waals surface area contributed by atoms with Gasteiger partial charge in [-0.2, -0.15) is 0 Å². The third-order valence-corrected chi connectivity index (χ3v) is 2.74. The fraction of sp³-hybridized carbons (Fsp3) is 0.231. The van der Waals surface area contributed by atoms with Crippen molar-refractivity contribution in [2.75, 3.05) is 0 Å². The maximum absolute atomic E-state index is 9.40. The Bertz CT molecular complexity index is 557. The molecule has 2 N–H and O–H groups in total. The quantitative estimate of drug-likeness (QED) is 0.789. The third-order valence-electron chi connectivity index (χ3n) is 2.74. The molecule has 0 aliphatic rings. The summed E-state index contributed by atoms with van der Waals surface area (Å²) in [6.07, 6.45) is 0. The van der Waals surface area contributed by atoms with E-state index in [0.29, 0.717) is 0 Å². The number of aromatic nitrogens is 2. The highest BCUT2D eigenvalue weighted by molar-refractivity contribution is 5.72. The molecule has 0 fully saturated rings. The molecule has 2 aromatic rings. The van der Waals surface area contributed by atoms with Gasteiger partial charge in [0.2, 0.25) is 0 Å². The Hall–Kier alpha value is -2.10. The first-order chi connectivity index (χ1) is 7.99. The number of aryl methyl sites for hydroxylation is 3. The summed E-state index contributed by atoms with van der Waals surface area (Å²) in [7, 11) is 0. The molecule has 0 amide bonds. The second-order valence-electron chi connectivity index (χ2n) is 4.07. The van der Waals surface area contributed by atoms with Crippen LogP contribution in [0.15, 0.2) is 18.2 Å². The van der Waals surface area contributed by atoms with Crippen LogP contribution in [-0.2, 0) is 0 Å². The monoisotopic (exact) mass is 230 g/mol. The van der Waals surface area contributed by atoms with Gasteiger partial charge in [-0.05, 0) is 44.0 Å². The van der Waals surface area contributed by atoms with E-state index in [-0.39, 0.29) is 11.8 Å². The number of phenolic OH excluding ortho intramolecular Hbond substituents is 1. The van der Waals surface area contributed by atoms with Gasteiger partial charge in [0.05, 0.1) is 11.4 Å². The minimum absolute atomic E-state index is 0.208. The normalized spacial score (nSPS) is 10.5. The topological polar surface area (TPSA) is 66.2 Å². The first kappa shape index (κ1) is 11.4. The first-order valence-corrected chi connectivity index (χ1v) is 5.33. The predicted molar refractivity (Wildman–Crippen MR) is 65.0 cm³/mol. The molecule has 17 heavy (non-hydrogen) atoms. The fourth-order valence-electron chi connectivity index (χ4n) is 2.02. The van der Waals surface area contributed by atoms with Crippen LogP contribution in [0, 0.1) is 20.8 Å². The predicted octanol–water partition coefficient (Wildman–Crippen LogP) is 2.48. The van der Waals surface area contributed by atoms with Crippen LogP contribution in [0.5, 0.6) is 11.8 Å². The molecule has 0 radical (unpaired) electrons. The van der Waals surface area contributed by atoms with Crippen molar-refractivity contribution in [1.82, 2.24) is 9.97 Å². The number of phenols is 1. The molecule has 4 nitrogen and oxygen atoms in total. The van der Waals surface area contributed by atoms with Gasteiger partial charge < -0.3 is 10.2 Å². The molecule has 1 heterocycles. The van der Waals surface area contributed by atoms with E-state index in [4.69, 9.17) is 0 Å². The van der Waals surface area contributed by atoms with Crippen LogP contribution in [0.25, 0.3) is 11.1 Å². The zero-order chi connectivity index (χ0) is 12.6. The number of hydrogen-bond acceptors (Lipinski definition) is 4. The second-order valence-corrected chi connectivity index (χ2v) is 4.07. The molecular weight excluding hydrogens is 216 g/mol. The van der Waals surface area contributed by atoms with Crippen LogP contribution in [-0.4, -0.2) is 20.2 Å². The Morgan fingerprint density at radius 1 is 0.941 bits per heavy atom. The number of nitrogens with zero attached hydrogens (tertiary/aromatic N) is 2. The Balaban J connectivity index is 2.68. The van der Waals surface area contributed by atoms with E-state index < -0.39 is 0 Å². The maximum Gasteiger partial charge on any atom is 0.314 e. The van der Waals surface area contributed by atoms with Crippen molar-refractivity contribution in [3.63, 3.8) is 0 Å². The molecular formula is C13H14N2O2. The standard InChI is InChI=1S/C13H14N2O2/c1-7-6-10(16)4-5-11(7)12-8(2)14-13(17)15-9(12)3/h4-6,16H,1-3H3,(H,14,15,17). The molecule has 0 saturated carbocycles. The second kappa shape index (κ2) is 4.05. The van der Waals surface area contributed by atoms with Crippen molar-refractivity contribution in [2.24, 2.45) is 0 Å². The zero-order valence-electron chi connectivity index (χ0n) is 10.0. The number of hydrogen-bond donors (Lipinski definition) is 2. The van der Waals surface area contributed by atoms with Crippen LogP contribution in [0.1, 0.15) is 17.0 Å². The molecule has 1 aromatic heterocycles. The largest absolute Gasteiger partial charge is 0.508 e. The van der Waals surface area contributed by atoms with E-state index in [0.717, 1.165) is 28.1 Å². The molecule has 1 aromatic carbocycles. The summed E-state index contributed by atoms with van der Waals surface area (Å²) >= 11 is 0. The van der Waals surface area contributed by atoms with Crippen molar-refractivity contribution in [3.05, 3.63) is 35.2 Å². The van der Waals surface area contributed by atoms with Crippen LogP contribution in [0.2, 0.25) is 0 Å². The minimum Gasteiger partial charge on any atom is -0.508 e. The van der Waals surface area contributed by atoms with Gasteiger partial charge in [-0.3, -0.25) is 0 Å². The van der Waals surface area contributed by atoms with Crippen molar-refractivity contribution in [2.45, 2.75) is 20.8 Å². The van der Waals surface area contributed by atoms with Crippen LogP contribution >= 0.6 is 0 Å². The van der Waals surface area contributed by atoms with Gasteiger partial charge in [0, 0.05) is 5.56 Å². The minimum atomic E-state index is -0.208. The number of aromatic hydroxyl groups is 2. The van der Waals surface area contributed by atoms with Gasteiger partial charge in [-0.1, -0.05) is 6.07 Å². The van der Waals surface area contributed by atoms with E-state index in [9.17, 15) is 10.2 Å². The zero-order valence-corrected chi connectivity index (χ0v) is 10.0. The van der Waals surface area contributed by atoms with Gasteiger partial charge in [-0.15, -0.1) is 0 Å². The summed E-state index contributed by atoms with van der Waals surface area (Å²) in [5.74, 6) is 0.237. The average Bonchev–Trinajstić information content (AvgIpc) is 2.19. The Morgan fingerprint density at radius 3 is 2.06 bits per heavy atom. The maximum atomic E-state index is 9.40. The Labute approximate surface area is 99.6 Å². The van der Waals surface area contributed by atoms with E-state index in [1.54, 1.807) is 12.1 Å². The third kappa shape index (κ3) is 2.06. The van der Waals surface area contributed by atoms with Gasteiger partial charge >= 0.3 is 6.01 Å². The van der Waals surface area contributed by atoms with Crippen LogP contribution in [0.4, 0.5) is 0 Å². The molecule has 0 aliphatic carbocycles. The Morgan fingerprint density at radius 2 is 1.53 bits per heavy atom. The number of benzene rings is 1. The summed E-state index contributed by atoms with van der Waals surface area (Å²) in [6.45, 7) is 5.58. The van der Waals surface area contributed by atoms with Gasteiger partial charge in [-0.25, -0.2) is 9.97 Å². The summed E-state index contributed by atoms with van der Waals surface area (Å²) in [6, 6.07) is 4.95. The SMILES string of the molecule is Cc1cc(O)ccc1-c1c(C)nc(O)nc1C. The van der Waals surface area contributed by atoms with Crippen molar-refractivity contribution in [3.8, 4) is 22.9 Å². The summed E-state index contributed by atoms with van der Waals surface area (Å²) in [5.41, 5.74) is 4.27. The van der Waals surface area contributed by atoms with Gasteiger partial charge in [0.15, 0.2) is 0 Å².